The average molecular weight is 271 g/mol. The van der Waals surface area contributed by atoms with Gasteiger partial charge in [0.15, 0.2) is 0 Å². The highest BCUT2D eigenvalue weighted by Crippen LogP contribution is 2.09. The first-order chi connectivity index (χ1) is 8.42. The normalized spacial score (nSPS) is 11.4. The number of carboxylic acids is 1. The highest BCUT2D eigenvalue weighted by atomic mass is 32.2. The van der Waals surface area contributed by atoms with E-state index in [1.807, 2.05) is 6.92 Å². The maximum absolute atomic E-state index is 11.8. The highest BCUT2D eigenvalue weighted by molar-refractivity contribution is 7.89. The van der Waals surface area contributed by atoms with E-state index in [1.165, 1.54) is 0 Å². The van der Waals surface area contributed by atoms with Crippen LogP contribution >= 0.6 is 0 Å². The third-order valence-electron chi connectivity index (χ3n) is 2.44. The molecule has 0 aliphatic rings. The lowest BCUT2D eigenvalue weighted by Crippen LogP contribution is -2.24. The van der Waals surface area contributed by atoms with Gasteiger partial charge < -0.3 is 5.11 Å². The van der Waals surface area contributed by atoms with Crippen molar-refractivity contribution in [3.63, 3.8) is 0 Å². The quantitative estimate of drug-likeness (QED) is 0.737. The molecular formula is C12H17NO4S. The molecule has 2 N–H and O–H groups in total. The van der Waals surface area contributed by atoms with E-state index < -0.39 is 16.0 Å². The maximum atomic E-state index is 11.8. The smallest absolute Gasteiger partial charge is 0.303 e. The predicted octanol–water partition coefficient (Wildman–Crippen LogP) is 1.53. The summed E-state index contributed by atoms with van der Waals surface area (Å²) in [7, 11) is -3.48. The number of carbonyl (C=O) groups is 1. The number of sulfonamides is 1. The zero-order chi connectivity index (χ0) is 13.6. The molecule has 1 rings (SSSR count). The lowest BCUT2D eigenvalue weighted by Gasteiger charge is -2.06. The van der Waals surface area contributed by atoms with Crippen LogP contribution in [0.2, 0.25) is 0 Å². The number of nitrogens with one attached hydrogen (secondary N) is 1. The Kier molecular flexibility index (Phi) is 5.30. The Hall–Kier alpha value is -1.40. The van der Waals surface area contributed by atoms with Crippen molar-refractivity contribution in [3.05, 3.63) is 29.8 Å². The Morgan fingerprint density at radius 1 is 1.22 bits per heavy atom. The Balaban J connectivity index is 2.45. The molecule has 0 aliphatic carbocycles. The SMILES string of the molecule is Cc1ccc(S(=O)(=O)NCCCCC(=O)O)cc1. The van der Waals surface area contributed by atoms with Gasteiger partial charge in [0.2, 0.25) is 10.0 Å². The number of hydrogen-bond donors (Lipinski definition) is 2. The summed E-state index contributed by atoms with van der Waals surface area (Å²) in [6.45, 7) is 2.14. The number of hydrogen-bond acceptors (Lipinski definition) is 3. The number of aryl methyl sites for hydroxylation is 1. The molecule has 18 heavy (non-hydrogen) atoms. The molecule has 0 atom stereocenters. The van der Waals surface area contributed by atoms with Crippen LogP contribution in [0.5, 0.6) is 0 Å². The average Bonchev–Trinajstić information content (AvgIpc) is 2.28. The fourth-order valence-corrected chi connectivity index (χ4v) is 2.48. The van der Waals surface area contributed by atoms with Crippen molar-refractivity contribution in [2.75, 3.05) is 6.54 Å². The van der Waals surface area contributed by atoms with Crippen molar-refractivity contribution < 1.29 is 18.3 Å². The summed E-state index contributed by atoms with van der Waals surface area (Å²) in [5, 5.41) is 8.44. The number of benzene rings is 1. The van der Waals surface area contributed by atoms with Crippen LogP contribution in [-0.4, -0.2) is 26.0 Å². The molecule has 0 saturated heterocycles. The Labute approximate surface area is 107 Å². The molecule has 0 saturated carbocycles. The molecule has 1 aromatic rings. The van der Waals surface area contributed by atoms with Gasteiger partial charge in [0.25, 0.3) is 0 Å². The lowest BCUT2D eigenvalue weighted by molar-refractivity contribution is -0.137. The minimum atomic E-state index is -3.48. The van der Waals surface area contributed by atoms with E-state index in [1.54, 1.807) is 24.3 Å². The van der Waals surface area contributed by atoms with Crippen molar-refractivity contribution in [2.45, 2.75) is 31.1 Å². The van der Waals surface area contributed by atoms with Crippen LogP contribution in [0.3, 0.4) is 0 Å². The van der Waals surface area contributed by atoms with Gasteiger partial charge in [-0.25, -0.2) is 13.1 Å². The van der Waals surface area contributed by atoms with Crippen molar-refractivity contribution in [1.82, 2.24) is 4.72 Å². The fraction of sp³-hybridized carbons (Fsp3) is 0.417. The minimum Gasteiger partial charge on any atom is -0.481 e. The Bertz CT molecular complexity index is 493. The topological polar surface area (TPSA) is 83.5 Å². The zero-order valence-corrected chi connectivity index (χ0v) is 11.0. The zero-order valence-electron chi connectivity index (χ0n) is 10.2. The van der Waals surface area contributed by atoms with Gasteiger partial charge in [-0.3, -0.25) is 4.79 Å². The second-order valence-electron chi connectivity index (χ2n) is 4.06. The summed E-state index contributed by atoms with van der Waals surface area (Å²) in [4.78, 5) is 10.5. The van der Waals surface area contributed by atoms with Gasteiger partial charge in [0.05, 0.1) is 4.90 Å². The van der Waals surface area contributed by atoms with Gasteiger partial charge in [-0.2, -0.15) is 0 Å². The van der Waals surface area contributed by atoms with Crippen molar-refractivity contribution in [1.29, 1.82) is 0 Å². The number of rotatable bonds is 7. The Morgan fingerprint density at radius 2 is 1.83 bits per heavy atom. The van der Waals surface area contributed by atoms with E-state index in [9.17, 15) is 13.2 Å². The van der Waals surface area contributed by atoms with Crippen LogP contribution in [0.4, 0.5) is 0 Å². The number of aliphatic carboxylic acids is 1. The molecule has 0 bridgehead atoms. The molecule has 0 unspecified atom stereocenters. The summed E-state index contributed by atoms with van der Waals surface area (Å²) in [5.41, 5.74) is 0.996. The maximum Gasteiger partial charge on any atom is 0.303 e. The first-order valence-corrected chi connectivity index (χ1v) is 7.18. The standard InChI is InChI=1S/C12H17NO4S/c1-10-5-7-11(8-6-10)18(16,17)13-9-3-2-4-12(14)15/h5-8,13H,2-4,9H2,1H3,(H,14,15). The fourth-order valence-electron chi connectivity index (χ4n) is 1.41. The molecular weight excluding hydrogens is 254 g/mol. The molecule has 0 amide bonds. The predicted molar refractivity (Wildman–Crippen MR) is 67.9 cm³/mol. The van der Waals surface area contributed by atoms with Crippen LogP contribution in [-0.2, 0) is 14.8 Å². The van der Waals surface area contributed by atoms with Crippen molar-refractivity contribution >= 4 is 16.0 Å². The van der Waals surface area contributed by atoms with Gasteiger partial charge in [-0.05, 0) is 31.9 Å². The van der Waals surface area contributed by atoms with Crippen LogP contribution in [0, 0.1) is 6.92 Å². The molecule has 1 aromatic carbocycles. The highest BCUT2D eigenvalue weighted by Gasteiger charge is 2.12. The van der Waals surface area contributed by atoms with Crippen LogP contribution in [0.25, 0.3) is 0 Å². The van der Waals surface area contributed by atoms with E-state index in [0.29, 0.717) is 12.8 Å². The van der Waals surface area contributed by atoms with E-state index >= 15 is 0 Å². The van der Waals surface area contributed by atoms with E-state index in [2.05, 4.69) is 4.72 Å². The molecule has 5 nitrogen and oxygen atoms in total. The van der Waals surface area contributed by atoms with Gasteiger partial charge in [0, 0.05) is 13.0 Å². The molecule has 6 heteroatoms. The van der Waals surface area contributed by atoms with Crippen molar-refractivity contribution in [2.24, 2.45) is 0 Å². The lowest BCUT2D eigenvalue weighted by atomic mass is 10.2. The number of carboxylic acid groups (broad SMARTS) is 1. The molecule has 0 spiro atoms. The van der Waals surface area contributed by atoms with Crippen LogP contribution < -0.4 is 4.72 Å². The molecule has 0 radical (unpaired) electrons. The largest absolute Gasteiger partial charge is 0.481 e. The van der Waals surface area contributed by atoms with Gasteiger partial charge >= 0.3 is 5.97 Å². The van der Waals surface area contributed by atoms with E-state index in [4.69, 9.17) is 5.11 Å². The number of unbranched alkanes of at least 4 members (excludes halogenated alkanes) is 1. The third-order valence-corrected chi connectivity index (χ3v) is 3.92. The summed E-state index contributed by atoms with van der Waals surface area (Å²) >= 11 is 0. The summed E-state index contributed by atoms with van der Waals surface area (Å²) in [5.74, 6) is -0.864. The summed E-state index contributed by atoms with van der Waals surface area (Å²) in [6.07, 6.45) is 1.04. The van der Waals surface area contributed by atoms with Crippen molar-refractivity contribution in [3.8, 4) is 0 Å². The minimum absolute atomic E-state index is 0.0618. The van der Waals surface area contributed by atoms with Crippen LogP contribution in [0.1, 0.15) is 24.8 Å². The molecule has 0 fully saturated rings. The monoisotopic (exact) mass is 271 g/mol. The third kappa shape index (κ3) is 4.85. The molecule has 0 aromatic heterocycles. The molecule has 0 heterocycles. The van der Waals surface area contributed by atoms with Gasteiger partial charge in [-0.15, -0.1) is 0 Å². The summed E-state index contributed by atoms with van der Waals surface area (Å²) in [6, 6.07) is 6.57. The Morgan fingerprint density at radius 3 is 2.39 bits per heavy atom. The summed E-state index contributed by atoms with van der Waals surface area (Å²) < 4.78 is 26.1. The van der Waals surface area contributed by atoms with Gasteiger partial charge in [0.1, 0.15) is 0 Å². The van der Waals surface area contributed by atoms with Crippen LogP contribution in [0.15, 0.2) is 29.2 Å². The van der Waals surface area contributed by atoms with Gasteiger partial charge in [-0.1, -0.05) is 17.7 Å². The molecule has 0 aliphatic heterocycles. The van der Waals surface area contributed by atoms with E-state index in [0.717, 1.165) is 5.56 Å². The van der Waals surface area contributed by atoms with E-state index in [-0.39, 0.29) is 17.9 Å². The first kappa shape index (κ1) is 14.7. The second-order valence-corrected chi connectivity index (χ2v) is 5.83. The first-order valence-electron chi connectivity index (χ1n) is 5.70. The molecule has 100 valence electrons. The second kappa shape index (κ2) is 6.51.